The van der Waals surface area contributed by atoms with E-state index in [-0.39, 0.29) is 12.2 Å². The summed E-state index contributed by atoms with van der Waals surface area (Å²) in [6.45, 7) is 4.31. The lowest BCUT2D eigenvalue weighted by molar-refractivity contribution is -0.132. The minimum Gasteiger partial charge on any atom is -0.317 e. The lowest BCUT2D eigenvalue weighted by atomic mass is 10.1. The van der Waals surface area contributed by atoms with E-state index in [1.807, 2.05) is 11.8 Å². The molecule has 3 nitrogen and oxygen atoms in total. The molecule has 1 aliphatic carbocycles. The number of thioether (sulfide) groups is 1. The average Bonchev–Trinajstić information content (AvgIpc) is 3.18. The largest absolute Gasteiger partial charge is 0.317 e. The first-order valence-corrected chi connectivity index (χ1v) is 9.92. The van der Waals surface area contributed by atoms with Gasteiger partial charge in [-0.05, 0) is 36.5 Å². The monoisotopic (exact) mass is 324 g/mol. The molecule has 0 aromatic carbocycles. The minimum absolute atomic E-state index is 0.00928. The van der Waals surface area contributed by atoms with Crippen molar-refractivity contribution in [1.82, 2.24) is 10.2 Å². The Bertz CT molecular complexity index is 477. The maximum absolute atomic E-state index is 12.8. The molecule has 21 heavy (non-hydrogen) atoms. The number of amides is 1. The smallest absolute Gasteiger partial charge is 0.241 e. The summed E-state index contributed by atoms with van der Waals surface area (Å²) in [5, 5.41) is 6.27. The first kappa shape index (κ1) is 15.4. The fourth-order valence-corrected chi connectivity index (χ4v) is 5.63. The predicted molar refractivity (Wildman–Crippen MR) is 90.7 cm³/mol. The van der Waals surface area contributed by atoms with Crippen LogP contribution in [0.1, 0.15) is 50.6 Å². The zero-order valence-corrected chi connectivity index (χ0v) is 14.4. The number of rotatable bonds is 5. The molecule has 1 aromatic heterocycles. The van der Waals surface area contributed by atoms with E-state index in [0.717, 1.165) is 18.6 Å². The standard InChI is InChI=1S/C16H24N2OS2/c1-3-11-16(19)18(12-7-5-8-13(12)20-4-2)15(17-11)14-9-6-10-21-14/h6,9-13,15,17H,3-5,7-8H2,1-2H3. The molecular formula is C16H24N2OS2. The van der Waals surface area contributed by atoms with Gasteiger partial charge < -0.3 is 4.90 Å². The van der Waals surface area contributed by atoms with Crippen LogP contribution in [0.15, 0.2) is 17.5 Å². The molecule has 0 spiro atoms. The number of thiophene rings is 1. The van der Waals surface area contributed by atoms with Gasteiger partial charge in [0, 0.05) is 16.2 Å². The highest BCUT2D eigenvalue weighted by Gasteiger charge is 2.46. The van der Waals surface area contributed by atoms with Gasteiger partial charge in [-0.2, -0.15) is 11.8 Å². The summed E-state index contributed by atoms with van der Waals surface area (Å²) < 4.78 is 0. The lowest BCUT2D eigenvalue weighted by Gasteiger charge is -2.33. The number of carbonyl (C=O) groups excluding carboxylic acids is 1. The zero-order valence-electron chi connectivity index (χ0n) is 12.7. The SMILES string of the molecule is CCSC1CCCC1N1C(=O)C(CC)NC1c1cccs1. The van der Waals surface area contributed by atoms with Crippen molar-refractivity contribution in [2.45, 2.75) is 63.0 Å². The number of carbonyl (C=O) groups is 1. The van der Waals surface area contributed by atoms with Gasteiger partial charge in [0.25, 0.3) is 0 Å². The number of hydrogen-bond donors (Lipinski definition) is 1. The van der Waals surface area contributed by atoms with Crippen LogP contribution in [-0.4, -0.2) is 33.9 Å². The summed E-state index contributed by atoms with van der Waals surface area (Å²) in [5.41, 5.74) is 0. The Hall–Kier alpha value is -0.520. The number of nitrogens with zero attached hydrogens (tertiary/aromatic N) is 1. The van der Waals surface area contributed by atoms with Crippen LogP contribution in [0.25, 0.3) is 0 Å². The van der Waals surface area contributed by atoms with Gasteiger partial charge in [-0.3, -0.25) is 10.1 Å². The first-order chi connectivity index (χ1) is 10.3. The highest BCUT2D eigenvalue weighted by Crippen LogP contribution is 2.40. The van der Waals surface area contributed by atoms with Crippen molar-refractivity contribution < 1.29 is 4.79 Å². The topological polar surface area (TPSA) is 32.3 Å². The van der Waals surface area contributed by atoms with E-state index in [0.29, 0.717) is 17.2 Å². The highest BCUT2D eigenvalue weighted by atomic mass is 32.2. The molecule has 1 saturated heterocycles. The van der Waals surface area contributed by atoms with Crippen molar-refractivity contribution in [3.8, 4) is 0 Å². The third kappa shape index (κ3) is 2.88. The average molecular weight is 325 g/mol. The normalized spacial score (nSPS) is 33.0. The van der Waals surface area contributed by atoms with Crippen molar-refractivity contribution >= 4 is 29.0 Å². The third-order valence-corrected chi connectivity index (χ3v) is 6.80. The van der Waals surface area contributed by atoms with Crippen LogP contribution in [0.2, 0.25) is 0 Å². The third-order valence-electron chi connectivity index (χ3n) is 4.57. The Labute approximate surface area is 135 Å². The molecule has 116 valence electrons. The van der Waals surface area contributed by atoms with Crippen molar-refractivity contribution in [1.29, 1.82) is 0 Å². The van der Waals surface area contributed by atoms with Gasteiger partial charge in [-0.25, -0.2) is 0 Å². The first-order valence-electron chi connectivity index (χ1n) is 7.99. The Kier molecular flexibility index (Phi) is 4.92. The quantitative estimate of drug-likeness (QED) is 0.897. The Balaban J connectivity index is 1.87. The predicted octanol–water partition coefficient (Wildman–Crippen LogP) is 3.63. The molecule has 1 aromatic rings. The fourth-order valence-electron chi connectivity index (χ4n) is 3.60. The summed E-state index contributed by atoms with van der Waals surface area (Å²) >= 11 is 3.77. The molecule has 3 rings (SSSR count). The second-order valence-electron chi connectivity index (χ2n) is 5.78. The maximum Gasteiger partial charge on any atom is 0.241 e. The van der Waals surface area contributed by atoms with Gasteiger partial charge in [0.1, 0.15) is 6.17 Å². The van der Waals surface area contributed by atoms with Gasteiger partial charge in [0.2, 0.25) is 5.91 Å². The molecule has 4 atom stereocenters. The van der Waals surface area contributed by atoms with Crippen molar-refractivity contribution in [3.63, 3.8) is 0 Å². The van der Waals surface area contributed by atoms with Crippen LogP contribution >= 0.6 is 23.1 Å². The van der Waals surface area contributed by atoms with Crippen molar-refractivity contribution in [2.75, 3.05) is 5.75 Å². The Morgan fingerprint density at radius 2 is 2.29 bits per heavy atom. The van der Waals surface area contributed by atoms with Gasteiger partial charge in [-0.15, -0.1) is 11.3 Å². The van der Waals surface area contributed by atoms with Crippen molar-refractivity contribution in [2.24, 2.45) is 0 Å². The van der Waals surface area contributed by atoms with E-state index in [2.05, 4.69) is 41.6 Å². The van der Waals surface area contributed by atoms with E-state index in [1.165, 1.54) is 17.7 Å². The van der Waals surface area contributed by atoms with Gasteiger partial charge in [0.05, 0.1) is 6.04 Å². The molecule has 1 aliphatic heterocycles. The number of hydrogen-bond acceptors (Lipinski definition) is 4. The van der Waals surface area contributed by atoms with E-state index >= 15 is 0 Å². The van der Waals surface area contributed by atoms with E-state index in [9.17, 15) is 4.79 Å². The molecule has 1 saturated carbocycles. The van der Waals surface area contributed by atoms with Crippen LogP contribution in [0.4, 0.5) is 0 Å². The highest BCUT2D eigenvalue weighted by molar-refractivity contribution is 7.99. The van der Waals surface area contributed by atoms with Gasteiger partial charge in [-0.1, -0.05) is 26.3 Å². The summed E-state index contributed by atoms with van der Waals surface area (Å²) in [4.78, 5) is 16.3. The van der Waals surface area contributed by atoms with Crippen LogP contribution in [0.5, 0.6) is 0 Å². The van der Waals surface area contributed by atoms with Crippen LogP contribution in [0.3, 0.4) is 0 Å². The second kappa shape index (κ2) is 6.71. The Morgan fingerprint density at radius 1 is 1.43 bits per heavy atom. The summed E-state index contributed by atoms with van der Waals surface area (Å²) in [7, 11) is 0. The molecule has 5 heteroatoms. The lowest BCUT2D eigenvalue weighted by Crippen LogP contribution is -2.43. The van der Waals surface area contributed by atoms with E-state index in [4.69, 9.17) is 0 Å². The molecule has 2 aliphatic rings. The van der Waals surface area contributed by atoms with E-state index < -0.39 is 0 Å². The molecule has 4 unspecified atom stereocenters. The van der Waals surface area contributed by atoms with E-state index in [1.54, 1.807) is 11.3 Å². The summed E-state index contributed by atoms with van der Waals surface area (Å²) in [6, 6.07) is 4.62. The fraction of sp³-hybridized carbons (Fsp3) is 0.688. The molecule has 2 heterocycles. The molecule has 0 radical (unpaired) electrons. The summed E-state index contributed by atoms with van der Waals surface area (Å²) in [6.07, 6.45) is 4.62. The van der Waals surface area contributed by atoms with Crippen LogP contribution in [0, 0.1) is 0 Å². The van der Waals surface area contributed by atoms with Crippen molar-refractivity contribution in [3.05, 3.63) is 22.4 Å². The number of nitrogens with one attached hydrogen (secondary N) is 1. The minimum atomic E-state index is -0.00928. The molecule has 2 fully saturated rings. The van der Waals surface area contributed by atoms with Crippen LogP contribution in [-0.2, 0) is 4.79 Å². The zero-order chi connectivity index (χ0) is 14.8. The Morgan fingerprint density at radius 3 is 2.95 bits per heavy atom. The second-order valence-corrected chi connectivity index (χ2v) is 8.28. The molecule has 0 bridgehead atoms. The maximum atomic E-state index is 12.8. The molecule has 1 N–H and O–H groups in total. The van der Waals surface area contributed by atoms with Gasteiger partial charge in [0.15, 0.2) is 0 Å². The molecule has 1 amide bonds. The van der Waals surface area contributed by atoms with Crippen LogP contribution < -0.4 is 5.32 Å². The van der Waals surface area contributed by atoms with Gasteiger partial charge >= 0.3 is 0 Å². The summed E-state index contributed by atoms with van der Waals surface area (Å²) in [5.74, 6) is 1.45. The molecular weight excluding hydrogens is 300 g/mol.